The highest BCUT2D eigenvalue weighted by atomic mass is 35.5. The van der Waals surface area contributed by atoms with Crippen LogP contribution in [0.15, 0.2) is 77.9 Å². The molecule has 2 aliphatic rings. The van der Waals surface area contributed by atoms with Crippen LogP contribution in [0.2, 0.25) is 5.02 Å². The Labute approximate surface area is 186 Å². The monoisotopic (exact) mass is 458 g/mol. The van der Waals surface area contributed by atoms with Crippen molar-refractivity contribution in [2.24, 2.45) is 0 Å². The molecule has 2 aromatic carbocycles. The van der Waals surface area contributed by atoms with Gasteiger partial charge in [-0.05, 0) is 54.2 Å². The van der Waals surface area contributed by atoms with Crippen molar-refractivity contribution in [2.45, 2.75) is 28.5 Å². The van der Waals surface area contributed by atoms with E-state index in [2.05, 4.69) is 5.32 Å². The zero-order valence-corrected chi connectivity index (χ0v) is 18.5. The van der Waals surface area contributed by atoms with Crippen molar-refractivity contribution < 1.29 is 18.3 Å². The minimum atomic E-state index is -3.82. The molecule has 2 unspecified atom stereocenters. The van der Waals surface area contributed by atoms with Crippen LogP contribution in [0.25, 0.3) is 0 Å². The number of carbonyl (C=O) groups is 1. The fourth-order valence-corrected chi connectivity index (χ4v) is 6.68. The summed E-state index contributed by atoms with van der Waals surface area (Å²) in [6, 6.07) is 13.7. The van der Waals surface area contributed by atoms with Gasteiger partial charge in [0.1, 0.15) is 6.54 Å². The van der Waals surface area contributed by atoms with Crippen LogP contribution in [0, 0.1) is 0 Å². The van der Waals surface area contributed by atoms with Crippen molar-refractivity contribution in [3.05, 3.63) is 83.5 Å². The number of halogens is 1. The first kappa shape index (κ1) is 21.5. The molecular formula is C23H23ClN2O4S. The van der Waals surface area contributed by atoms with Crippen LogP contribution >= 0.6 is 11.6 Å². The number of sulfone groups is 1. The Morgan fingerprint density at radius 2 is 1.94 bits per heavy atom. The zero-order chi connectivity index (χ0) is 22.3. The lowest BCUT2D eigenvalue weighted by Crippen LogP contribution is -2.53. The van der Waals surface area contributed by atoms with Gasteiger partial charge in [-0.1, -0.05) is 42.8 Å². The van der Waals surface area contributed by atoms with Gasteiger partial charge < -0.3 is 15.3 Å². The average Bonchev–Trinajstić information content (AvgIpc) is 2.99. The van der Waals surface area contributed by atoms with E-state index in [0.717, 1.165) is 11.3 Å². The van der Waals surface area contributed by atoms with Crippen LogP contribution in [0.4, 0.5) is 5.69 Å². The molecule has 0 saturated carbocycles. The first-order valence-corrected chi connectivity index (χ1v) is 11.7. The number of hydrogen-bond donors (Lipinski definition) is 2. The second kappa shape index (κ2) is 7.73. The van der Waals surface area contributed by atoms with Crippen molar-refractivity contribution >= 4 is 33.1 Å². The van der Waals surface area contributed by atoms with Gasteiger partial charge in [-0.3, -0.25) is 4.79 Å². The number of aliphatic carboxylic acids is 1. The summed E-state index contributed by atoms with van der Waals surface area (Å²) in [5.74, 6) is -0.949. The molecule has 2 atom stereocenters. The first-order chi connectivity index (χ1) is 14.7. The predicted octanol–water partition coefficient (Wildman–Crippen LogP) is 3.74. The Kier molecular flexibility index (Phi) is 5.35. The van der Waals surface area contributed by atoms with Gasteiger partial charge in [-0.2, -0.15) is 0 Å². The summed E-state index contributed by atoms with van der Waals surface area (Å²) >= 11 is 6.27. The fraction of sp³-hybridized carbons (Fsp3) is 0.261. The van der Waals surface area contributed by atoms with Gasteiger partial charge in [0.25, 0.3) is 0 Å². The predicted molar refractivity (Wildman–Crippen MR) is 121 cm³/mol. The van der Waals surface area contributed by atoms with E-state index in [9.17, 15) is 18.3 Å². The second-order valence-corrected chi connectivity index (χ2v) is 10.9. The number of carboxylic acids is 1. The van der Waals surface area contributed by atoms with E-state index >= 15 is 0 Å². The number of fused-ring (bicyclic) bond motifs is 1. The SMILES string of the molecule is CC1(CC2(S(=O)(=O)c3ccccc3)C=CC=CN2)CN(CC(=O)O)c2ccc(Cl)cc21. The number of rotatable bonds is 6. The number of hydrogen-bond acceptors (Lipinski definition) is 5. The van der Waals surface area contributed by atoms with Crippen LogP contribution in [0.5, 0.6) is 0 Å². The standard InChI is InChI=1S/C23H23ClN2O4S/c1-22(16-26(14-21(27)28)20-10-9-17(24)13-19(20)22)15-23(11-5-6-12-25-23)31(29,30)18-7-3-2-4-8-18/h2-13,25H,14-16H2,1H3,(H,27,28). The van der Waals surface area contributed by atoms with Gasteiger partial charge in [-0.15, -0.1) is 0 Å². The molecule has 0 amide bonds. The molecule has 0 radical (unpaired) electrons. The van der Waals surface area contributed by atoms with E-state index in [-0.39, 0.29) is 17.9 Å². The summed E-state index contributed by atoms with van der Waals surface area (Å²) in [5.41, 5.74) is 0.936. The molecule has 0 fully saturated rings. The summed E-state index contributed by atoms with van der Waals surface area (Å²) < 4.78 is 27.6. The quantitative estimate of drug-likeness (QED) is 0.685. The maximum absolute atomic E-state index is 13.8. The van der Waals surface area contributed by atoms with Gasteiger partial charge in [-0.25, -0.2) is 8.42 Å². The minimum Gasteiger partial charge on any atom is -0.480 e. The van der Waals surface area contributed by atoms with Crippen molar-refractivity contribution in [1.29, 1.82) is 0 Å². The van der Waals surface area contributed by atoms with E-state index in [1.54, 1.807) is 71.8 Å². The Balaban J connectivity index is 1.81. The summed E-state index contributed by atoms with van der Waals surface area (Å²) in [4.78, 5) is 12.0. The lowest BCUT2D eigenvalue weighted by molar-refractivity contribution is -0.135. The molecule has 0 saturated heterocycles. The van der Waals surface area contributed by atoms with Gasteiger partial charge in [0, 0.05) is 29.1 Å². The van der Waals surface area contributed by atoms with Gasteiger partial charge in [0.15, 0.2) is 4.87 Å². The molecule has 4 rings (SSSR count). The van der Waals surface area contributed by atoms with E-state index in [4.69, 9.17) is 11.6 Å². The Hall–Kier alpha value is -2.77. The van der Waals surface area contributed by atoms with E-state index in [0.29, 0.717) is 11.6 Å². The number of nitrogens with one attached hydrogen (secondary N) is 1. The third-order valence-electron chi connectivity index (χ3n) is 5.90. The van der Waals surface area contributed by atoms with E-state index in [1.165, 1.54) is 0 Å². The summed E-state index contributed by atoms with van der Waals surface area (Å²) in [5, 5.41) is 13.0. The van der Waals surface area contributed by atoms with Gasteiger partial charge >= 0.3 is 5.97 Å². The summed E-state index contributed by atoms with van der Waals surface area (Å²) in [6.07, 6.45) is 6.97. The Bertz CT molecular complexity index is 1180. The number of nitrogens with zero attached hydrogens (tertiary/aromatic N) is 1. The second-order valence-electron chi connectivity index (χ2n) is 8.22. The maximum atomic E-state index is 13.8. The first-order valence-electron chi connectivity index (χ1n) is 9.85. The van der Waals surface area contributed by atoms with E-state index in [1.807, 2.05) is 13.0 Å². The summed E-state index contributed by atoms with van der Waals surface area (Å²) in [6.45, 7) is 2.15. The van der Waals surface area contributed by atoms with Crippen molar-refractivity contribution in [3.63, 3.8) is 0 Å². The molecular weight excluding hydrogens is 436 g/mol. The number of allylic oxidation sites excluding steroid dienone is 2. The smallest absolute Gasteiger partial charge is 0.323 e. The lowest BCUT2D eigenvalue weighted by Gasteiger charge is -2.39. The maximum Gasteiger partial charge on any atom is 0.323 e. The third kappa shape index (κ3) is 3.72. The van der Waals surface area contributed by atoms with Crippen LogP contribution < -0.4 is 10.2 Å². The molecule has 8 heteroatoms. The van der Waals surface area contributed by atoms with Crippen LogP contribution in [-0.4, -0.2) is 37.5 Å². The Morgan fingerprint density at radius 3 is 2.58 bits per heavy atom. The highest BCUT2D eigenvalue weighted by molar-refractivity contribution is 7.93. The molecule has 6 nitrogen and oxygen atoms in total. The number of carboxylic acid groups (broad SMARTS) is 1. The molecule has 0 spiro atoms. The molecule has 2 N–H and O–H groups in total. The van der Waals surface area contributed by atoms with Crippen molar-refractivity contribution in [3.8, 4) is 0 Å². The van der Waals surface area contributed by atoms with Crippen LogP contribution in [0.3, 0.4) is 0 Å². The molecule has 31 heavy (non-hydrogen) atoms. The minimum absolute atomic E-state index is 0.175. The van der Waals surface area contributed by atoms with Gasteiger partial charge in [0.05, 0.1) is 4.90 Å². The van der Waals surface area contributed by atoms with Gasteiger partial charge in [0.2, 0.25) is 9.84 Å². The fourth-order valence-electron chi connectivity index (χ4n) is 4.58. The van der Waals surface area contributed by atoms with Crippen molar-refractivity contribution in [1.82, 2.24) is 5.32 Å². The molecule has 0 aliphatic carbocycles. The molecule has 162 valence electrons. The number of benzene rings is 2. The topological polar surface area (TPSA) is 86.7 Å². The molecule has 0 aromatic heterocycles. The Morgan fingerprint density at radius 1 is 1.19 bits per heavy atom. The molecule has 0 bridgehead atoms. The van der Waals surface area contributed by atoms with Crippen LogP contribution in [-0.2, 0) is 20.0 Å². The molecule has 2 aliphatic heterocycles. The highest BCUT2D eigenvalue weighted by Gasteiger charge is 2.51. The largest absolute Gasteiger partial charge is 0.480 e. The van der Waals surface area contributed by atoms with E-state index < -0.39 is 26.1 Å². The number of anilines is 1. The number of dihydropyridines is 1. The highest BCUT2D eigenvalue weighted by Crippen LogP contribution is 2.48. The third-order valence-corrected chi connectivity index (χ3v) is 8.39. The zero-order valence-electron chi connectivity index (χ0n) is 17.0. The van der Waals surface area contributed by atoms with Crippen molar-refractivity contribution in [2.75, 3.05) is 18.0 Å². The normalized spacial score (nSPS) is 24.6. The van der Waals surface area contributed by atoms with Crippen LogP contribution in [0.1, 0.15) is 18.9 Å². The molecule has 2 heterocycles. The average molecular weight is 459 g/mol. The lowest BCUT2D eigenvalue weighted by atomic mass is 9.78. The molecule has 2 aromatic rings. The summed E-state index contributed by atoms with van der Waals surface area (Å²) in [7, 11) is -3.82.